The van der Waals surface area contributed by atoms with Gasteiger partial charge in [0.25, 0.3) is 0 Å². The van der Waals surface area contributed by atoms with E-state index in [-0.39, 0.29) is 27.5 Å². The van der Waals surface area contributed by atoms with E-state index in [0.717, 1.165) is 50.3 Å². The molecule has 0 radical (unpaired) electrons. The van der Waals surface area contributed by atoms with Crippen molar-refractivity contribution in [2.24, 2.45) is 0 Å². The summed E-state index contributed by atoms with van der Waals surface area (Å²) in [6.07, 6.45) is 0. The highest BCUT2D eigenvalue weighted by Crippen LogP contribution is 2.52. The molecule has 0 atom stereocenters. The van der Waals surface area contributed by atoms with E-state index in [1.165, 1.54) is 120 Å². The molecule has 0 spiro atoms. The van der Waals surface area contributed by atoms with E-state index in [2.05, 4.69) is 261 Å². The molecule has 2 nitrogen and oxygen atoms in total. The first kappa shape index (κ1) is 53.3. The maximum Gasteiger partial charge on any atom is 0.135 e. The zero-order valence-corrected chi connectivity index (χ0v) is 59.2. The minimum Gasteiger partial charge on any atom is -0.456 e. The fourth-order valence-electron chi connectivity index (χ4n) is 16.4. The van der Waals surface area contributed by atoms with Crippen LogP contribution in [0.1, 0.15) is 15.1 Å². The summed E-state index contributed by atoms with van der Waals surface area (Å²) in [4.78, 5) is 0. The van der Waals surface area contributed by atoms with Gasteiger partial charge in [0.2, 0.25) is 0 Å². The second-order valence-electron chi connectivity index (χ2n) is 28.0. The Morgan fingerprint density at radius 3 is 1.24 bits per heavy atom. The van der Waals surface area contributed by atoms with Crippen LogP contribution in [0, 0.1) is 0 Å². The van der Waals surface area contributed by atoms with Gasteiger partial charge in [-0.15, -0.1) is 0 Å². The predicted molar refractivity (Wildman–Crippen MR) is 466 cm³/mol. The normalized spacial score (nSPS) is 13.2. The lowest BCUT2D eigenvalue weighted by molar-refractivity contribution is 0.487. The monoisotopic (exact) mass is 1410 g/mol. The van der Waals surface area contributed by atoms with Gasteiger partial charge in [-0.05, 0) is 236 Å². The summed E-state index contributed by atoms with van der Waals surface area (Å²) in [6.45, 7) is 0. The fraction of sp³-hybridized carbons (Fsp3) is 0. The molecule has 0 amide bonds. The van der Waals surface area contributed by atoms with Crippen LogP contribution in [0.5, 0.6) is 23.0 Å². The van der Waals surface area contributed by atoms with Gasteiger partial charge in [-0.1, -0.05) is 352 Å². The maximum atomic E-state index is 9.15. The van der Waals surface area contributed by atoms with E-state index in [1.807, 2.05) is 72.8 Å². The van der Waals surface area contributed by atoms with Crippen molar-refractivity contribution in [2.75, 3.05) is 0 Å². The zero-order chi connectivity index (χ0) is 82.2. The van der Waals surface area contributed by atoms with Gasteiger partial charge in [-0.25, -0.2) is 0 Å². The Morgan fingerprint density at radius 2 is 0.600 bits per heavy atom. The first-order valence-electron chi connectivity index (χ1n) is 42.4. The van der Waals surface area contributed by atoms with E-state index < -0.39 is 66.5 Å². The van der Waals surface area contributed by atoms with Crippen molar-refractivity contribution < 1.29 is 24.6 Å². The van der Waals surface area contributed by atoms with Crippen LogP contribution < -0.4 is 9.47 Å². The summed E-state index contributed by atoms with van der Waals surface area (Å²) in [5.74, 6) is 3.07. The van der Waals surface area contributed by atoms with E-state index >= 15 is 0 Å². The van der Waals surface area contributed by atoms with E-state index in [1.54, 1.807) is 12.1 Å². The summed E-state index contributed by atoms with van der Waals surface area (Å²) in [5, 5.41) is 18.6. The molecule has 2 heteroatoms. The molecule has 2 aliphatic heterocycles. The van der Waals surface area contributed by atoms with Gasteiger partial charge in [0.15, 0.2) is 0 Å². The van der Waals surface area contributed by atoms with Crippen LogP contribution in [-0.4, -0.2) is 0 Å². The zero-order valence-electron chi connectivity index (χ0n) is 70.2. The molecule has 0 bridgehead atoms. The molecule has 0 aliphatic carbocycles. The summed E-state index contributed by atoms with van der Waals surface area (Å²) in [5.41, 5.74) is 15.6. The number of rotatable bonds is 7. The van der Waals surface area contributed by atoms with Gasteiger partial charge in [0.1, 0.15) is 23.0 Å². The maximum absolute atomic E-state index is 9.15. The Kier molecular flexibility index (Phi) is 13.0. The highest BCUT2D eigenvalue weighted by molar-refractivity contribution is 6.25. The quantitative estimate of drug-likeness (QED) is 0.117. The van der Waals surface area contributed by atoms with E-state index in [0.29, 0.717) is 22.4 Å². The Bertz CT molecular complexity index is 7920. The van der Waals surface area contributed by atoms with Gasteiger partial charge in [-0.2, -0.15) is 0 Å². The topological polar surface area (TPSA) is 18.5 Å². The Morgan fingerprint density at radius 1 is 0.155 bits per heavy atom. The lowest BCUT2D eigenvalue weighted by Crippen LogP contribution is -1.98. The van der Waals surface area contributed by atoms with Gasteiger partial charge in [0.05, 0.1) is 15.1 Å². The van der Waals surface area contributed by atoms with Crippen LogP contribution in [0.2, 0.25) is 0 Å². The molecule has 110 heavy (non-hydrogen) atoms. The van der Waals surface area contributed by atoms with Crippen LogP contribution in [-0.2, 0) is 0 Å². The third-order valence-corrected chi connectivity index (χ3v) is 21.7. The number of fused-ring (bicyclic) bond motifs is 13. The molecule has 2 aliphatic rings. The van der Waals surface area contributed by atoms with Crippen molar-refractivity contribution in [3.63, 3.8) is 0 Å². The molecule has 0 saturated heterocycles. The number of benzene rings is 21. The van der Waals surface area contributed by atoms with Crippen molar-refractivity contribution in [3.8, 4) is 123 Å². The molecule has 21 aromatic rings. The number of hydrogen-bond donors (Lipinski definition) is 0. The number of hydrogen-bond acceptors (Lipinski definition) is 2. The molecular weight excluding hydrogens is 1330 g/mol. The molecule has 512 valence electrons. The van der Waals surface area contributed by atoms with Gasteiger partial charge in [-0.3, -0.25) is 0 Å². The smallest absolute Gasteiger partial charge is 0.135 e. The van der Waals surface area contributed by atoms with Crippen LogP contribution in [0.4, 0.5) is 0 Å². The van der Waals surface area contributed by atoms with Crippen molar-refractivity contribution in [1.82, 2.24) is 0 Å². The van der Waals surface area contributed by atoms with Crippen molar-refractivity contribution in [3.05, 3.63) is 412 Å². The molecule has 0 unspecified atom stereocenters. The number of ether oxygens (including phenoxy) is 2. The second-order valence-corrected chi connectivity index (χ2v) is 28.0. The lowest BCUT2D eigenvalue weighted by atomic mass is 9.88. The summed E-state index contributed by atoms with van der Waals surface area (Å²) >= 11 is 0. The van der Waals surface area contributed by atoms with Crippen LogP contribution in [0.3, 0.4) is 0 Å². The minimum atomic E-state index is -0.654. The molecule has 0 fully saturated rings. The second kappa shape index (κ2) is 26.9. The fourth-order valence-corrected chi connectivity index (χ4v) is 16.4. The van der Waals surface area contributed by atoms with Crippen LogP contribution in [0.15, 0.2) is 412 Å². The standard InChI is InChI=1S/2C38H24O.C32H20/c2*1-2-8-25(9-3-1)29-20-21-33-35-23-22-32(34-14-7-15-36(38(34)35)39-37(33)24-29)28-18-16-27(17-19-28)31-13-6-11-26-10-4-5-12-30(26)31;1-2-9-23-17-26(14-13-21(23)7-1)31-20-27-18-24-10-3-4-11-25(24)19-30(27)29-16-15-22-8-5-6-12-28(22)32(29)31/h2*1-24H;1-20H/i4D,5D,6D,10D,11D,12D,13D,16D,17D,18D,19D;;. The predicted octanol–water partition coefficient (Wildman–Crippen LogP) is 30.7. The SMILES string of the molecule is [2H]c1c([2H])c(-c2c([2H])c([2H])c([2H])c3c([2H])c([2H])c([2H])c([2H])c23)c([2H])c([2H])c1-c1ccc2c3c(cccc13)Oc1cc(-c3ccccc3)ccc1-2.c1ccc(-c2ccc3c(c2)Oc2cccc4c(-c5ccc(-c6cccc7ccccc67)cc5)ccc-3c24)cc1.c1ccc2cc(-c3cc4cc5ccccc5cc4c4ccc5ccccc5c34)ccc2c1. The van der Waals surface area contributed by atoms with Crippen molar-refractivity contribution >= 4 is 97.0 Å². The summed E-state index contributed by atoms with van der Waals surface area (Å²) in [6, 6.07) is 115. The highest BCUT2D eigenvalue weighted by atomic mass is 16.5. The molecule has 2 heterocycles. The lowest BCUT2D eigenvalue weighted by Gasteiger charge is -2.23. The Balaban J connectivity index is 0.000000115. The van der Waals surface area contributed by atoms with Gasteiger partial charge < -0.3 is 9.47 Å². The van der Waals surface area contributed by atoms with E-state index in [4.69, 9.17) is 24.6 Å². The van der Waals surface area contributed by atoms with Crippen LogP contribution >= 0.6 is 0 Å². The Labute approximate surface area is 653 Å². The average Bonchev–Trinajstić information content (AvgIpc) is 0.723. The van der Waals surface area contributed by atoms with E-state index in [9.17, 15) is 0 Å². The largest absolute Gasteiger partial charge is 0.456 e. The first-order chi connectivity index (χ1) is 59.1. The summed E-state index contributed by atoms with van der Waals surface area (Å²) in [7, 11) is 0. The molecule has 0 saturated carbocycles. The molecule has 21 aromatic carbocycles. The van der Waals surface area contributed by atoms with Crippen LogP contribution in [0.25, 0.3) is 197 Å². The van der Waals surface area contributed by atoms with Crippen molar-refractivity contribution in [1.29, 1.82) is 0 Å². The molecular formula is C108H68O2. The summed E-state index contributed by atoms with van der Waals surface area (Å²) < 4.78 is 108. The van der Waals surface area contributed by atoms with Crippen molar-refractivity contribution in [2.45, 2.75) is 0 Å². The van der Waals surface area contributed by atoms with Gasteiger partial charge in [0, 0.05) is 21.9 Å². The molecule has 0 N–H and O–H groups in total. The molecule has 23 rings (SSSR count). The average molecular weight is 1410 g/mol. The third kappa shape index (κ3) is 11.3. The minimum absolute atomic E-state index is 0.00128. The van der Waals surface area contributed by atoms with Gasteiger partial charge >= 0.3 is 0 Å². The highest BCUT2D eigenvalue weighted by Gasteiger charge is 2.25. The third-order valence-electron chi connectivity index (χ3n) is 21.7. The first-order valence-corrected chi connectivity index (χ1v) is 36.9. The molecule has 0 aromatic heterocycles. The Hall–Kier alpha value is -14.4.